The molecule has 0 bridgehead atoms. The van der Waals surface area contributed by atoms with Gasteiger partial charge in [0.15, 0.2) is 5.78 Å². The molecule has 0 saturated carbocycles. The molecule has 0 aliphatic heterocycles. The summed E-state index contributed by atoms with van der Waals surface area (Å²) in [5, 5.41) is 21.3. The topological polar surface area (TPSA) is 77.8 Å². The second-order valence-electron chi connectivity index (χ2n) is 6.88. The molecule has 0 atom stereocenters. The molecule has 0 amide bonds. The quantitative estimate of drug-likeness (QED) is 0.418. The highest BCUT2D eigenvalue weighted by Gasteiger charge is 2.22. The van der Waals surface area contributed by atoms with Crippen LogP contribution in [0.2, 0.25) is 0 Å². The number of carbonyl (C=O) groups excluding carboxylic acids is 1. The Bertz CT molecular complexity index is 1060. The summed E-state index contributed by atoms with van der Waals surface area (Å²) in [6.45, 7) is 4.01. The predicted octanol–water partition coefficient (Wildman–Crippen LogP) is 5.40. The molecule has 0 radical (unpaired) electrons. The molecule has 0 heterocycles. The number of nitrogens with zero attached hydrogens (tertiary/aromatic N) is 1. The average molecular weight is 389 g/mol. The maximum Gasteiger partial charge on any atom is 0.336 e. The van der Waals surface area contributed by atoms with E-state index in [0.29, 0.717) is 11.4 Å². The smallest absolute Gasteiger partial charge is 0.336 e. The largest absolute Gasteiger partial charge is 0.478 e. The van der Waals surface area contributed by atoms with Gasteiger partial charge in [-0.3, -0.25) is 10.0 Å². The van der Waals surface area contributed by atoms with Crippen molar-refractivity contribution in [3.63, 3.8) is 0 Å². The number of carboxylic acid groups (broad SMARTS) is 1. The molecule has 29 heavy (non-hydrogen) atoms. The lowest BCUT2D eigenvalue weighted by Gasteiger charge is -2.22. The fraction of sp³-hybridized carbons (Fsp3) is 0.167. The van der Waals surface area contributed by atoms with Crippen molar-refractivity contribution in [2.75, 3.05) is 5.06 Å². The van der Waals surface area contributed by atoms with Crippen molar-refractivity contribution in [3.8, 4) is 0 Å². The lowest BCUT2D eigenvalue weighted by atomic mass is 9.96. The van der Waals surface area contributed by atoms with E-state index in [2.05, 4.69) is 6.92 Å². The molecule has 0 fully saturated rings. The van der Waals surface area contributed by atoms with E-state index >= 15 is 0 Å². The summed E-state index contributed by atoms with van der Waals surface area (Å²) in [4.78, 5) is 24.7. The van der Waals surface area contributed by atoms with E-state index in [-0.39, 0.29) is 16.7 Å². The summed E-state index contributed by atoms with van der Waals surface area (Å²) in [6.07, 6.45) is 1.98. The van der Waals surface area contributed by atoms with Crippen molar-refractivity contribution >= 4 is 23.1 Å². The Morgan fingerprint density at radius 3 is 2.10 bits per heavy atom. The average Bonchev–Trinajstić information content (AvgIpc) is 2.73. The third-order valence-electron chi connectivity index (χ3n) is 4.81. The van der Waals surface area contributed by atoms with Gasteiger partial charge in [0.1, 0.15) is 0 Å². The summed E-state index contributed by atoms with van der Waals surface area (Å²) in [5.41, 5.74) is 3.16. The van der Waals surface area contributed by atoms with Gasteiger partial charge in [-0.15, -0.1) is 0 Å². The highest BCUT2D eigenvalue weighted by molar-refractivity contribution is 6.16. The first-order valence-corrected chi connectivity index (χ1v) is 9.48. The second-order valence-corrected chi connectivity index (χ2v) is 6.88. The Labute approximate surface area is 169 Å². The molecular formula is C24H23NO4. The molecule has 0 saturated heterocycles. The summed E-state index contributed by atoms with van der Waals surface area (Å²) in [5.74, 6) is -1.63. The number of carboxylic acids is 1. The zero-order valence-electron chi connectivity index (χ0n) is 16.4. The molecule has 0 aromatic heterocycles. The van der Waals surface area contributed by atoms with Crippen LogP contribution >= 0.6 is 0 Å². The van der Waals surface area contributed by atoms with E-state index in [4.69, 9.17) is 0 Å². The first kappa shape index (κ1) is 20.3. The standard InChI is InChI=1S/C24H23NO4/c1-3-8-17-13-14-21(16(2)15-17)25(29)22-12-7-6-11-20(22)23(26)18-9-4-5-10-19(18)24(27)28/h4-7,9-15,29H,3,8H2,1-2H3,(H,27,28). The fourth-order valence-electron chi connectivity index (χ4n) is 3.39. The molecule has 5 heteroatoms. The van der Waals surface area contributed by atoms with Crippen LogP contribution in [0, 0.1) is 6.92 Å². The van der Waals surface area contributed by atoms with Crippen molar-refractivity contribution in [1.29, 1.82) is 0 Å². The molecule has 148 valence electrons. The lowest BCUT2D eigenvalue weighted by Crippen LogP contribution is -2.17. The minimum absolute atomic E-state index is 0.0723. The normalized spacial score (nSPS) is 10.6. The van der Waals surface area contributed by atoms with Crippen molar-refractivity contribution in [2.45, 2.75) is 26.7 Å². The highest BCUT2D eigenvalue weighted by atomic mass is 16.5. The SMILES string of the molecule is CCCc1ccc(N(O)c2ccccc2C(=O)c2ccccc2C(=O)O)c(C)c1. The van der Waals surface area contributed by atoms with Crippen LogP contribution in [0.25, 0.3) is 0 Å². The van der Waals surface area contributed by atoms with Gasteiger partial charge in [-0.2, -0.15) is 0 Å². The zero-order valence-corrected chi connectivity index (χ0v) is 16.4. The number of ketones is 1. The van der Waals surface area contributed by atoms with Gasteiger partial charge in [0, 0.05) is 11.1 Å². The molecule has 0 unspecified atom stereocenters. The number of aromatic carboxylic acids is 1. The van der Waals surface area contributed by atoms with E-state index in [1.807, 2.05) is 25.1 Å². The minimum atomic E-state index is -1.17. The Morgan fingerprint density at radius 1 is 0.862 bits per heavy atom. The summed E-state index contributed by atoms with van der Waals surface area (Å²) < 4.78 is 0. The van der Waals surface area contributed by atoms with E-state index in [1.165, 1.54) is 17.7 Å². The van der Waals surface area contributed by atoms with Gasteiger partial charge >= 0.3 is 5.97 Å². The van der Waals surface area contributed by atoms with E-state index < -0.39 is 11.8 Å². The zero-order chi connectivity index (χ0) is 21.0. The Kier molecular flexibility index (Phi) is 6.10. The Hall–Kier alpha value is -3.44. The van der Waals surface area contributed by atoms with Gasteiger partial charge in [0.2, 0.25) is 0 Å². The van der Waals surface area contributed by atoms with Crippen LogP contribution in [0.1, 0.15) is 50.8 Å². The molecule has 5 nitrogen and oxygen atoms in total. The third kappa shape index (κ3) is 4.20. The van der Waals surface area contributed by atoms with Gasteiger partial charge in [-0.25, -0.2) is 9.86 Å². The number of anilines is 2. The fourth-order valence-corrected chi connectivity index (χ4v) is 3.39. The first-order valence-electron chi connectivity index (χ1n) is 9.48. The van der Waals surface area contributed by atoms with E-state index in [1.54, 1.807) is 36.4 Å². The number of benzene rings is 3. The van der Waals surface area contributed by atoms with Crippen LogP contribution in [0.5, 0.6) is 0 Å². The minimum Gasteiger partial charge on any atom is -0.478 e. The van der Waals surface area contributed by atoms with E-state index in [9.17, 15) is 19.9 Å². The first-order chi connectivity index (χ1) is 13.9. The Morgan fingerprint density at radius 2 is 1.48 bits per heavy atom. The van der Waals surface area contributed by atoms with Crippen LogP contribution in [-0.4, -0.2) is 22.1 Å². The van der Waals surface area contributed by atoms with Crippen molar-refractivity contribution in [1.82, 2.24) is 0 Å². The number of carbonyl (C=O) groups is 2. The van der Waals surface area contributed by atoms with Gasteiger partial charge in [0.25, 0.3) is 0 Å². The highest BCUT2D eigenvalue weighted by Crippen LogP contribution is 2.31. The lowest BCUT2D eigenvalue weighted by molar-refractivity contribution is 0.0693. The maximum atomic E-state index is 13.2. The van der Waals surface area contributed by atoms with Gasteiger partial charge in [-0.05, 0) is 48.7 Å². The third-order valence-corrected chi connectivity index (χ3v) is 4.81. The second kappa shape index (κ2) is 8.71. The van der Waals surface area contributed by atoms with Crippen LogP contribution in [0.3, 0.4) is 0 Å². The number of aryl methyl sites for hydroxylation is 2. The number of para-hydroxylation sites is 1. The van der Waals surface area contributed by atoms with Crippen LogP contribution in [0.4, 0.5) is 11.4 Å². The summed E-state index contributed by atoms with van der Waals surface area (Å²) in [7, 11) is 0. The number of rotatable bonds is 7. The molecule has 3 rings (SSSR count). The molecule has 0 aliphatic carbocycles. The van der Waals surface area contributed by atoms with E-state index in [0.717, 1.165) is 23.5 Å². The molecule has 0 spiro atoms. The van der Waals surface area contributed by atoms with Gasteiger partial charge in [0.05, 0.1) is 16.9 Å². The van der Waals surface area contributed by atoms with Crippen LogP contribution in [0.15, 0.2) is 66.7 Å². The number of hydrogen-bond donors (Lipinski definition) is 2. The summed E-state index contributed by atoms with van der Waals surface area (Å²) in [6, 6.07) is 18.5. The predicted molar refractivity (Wildman–Crippen MR) is 112 cm³/mol. The van der Waals surface area contributed by atoms with Crippen molar-refractivity contribution in [3.05, 3.63) is 94.5 Å². The van der Waals surface area contributed by atoms with Gasteiger partial charge in [-0.1, -0.05) is 55.8 Å². The van der Waals surface area contributed by atoms with Gasteiger partial charge < -0.3 is 5.11 Å². The summed E-state index contributed by atoms with van der Waals surface area (Å²) >= 11 is 0. The Balaban J connectivity index is 2.04. The van der Waals surface area contributed by atoms with Crippen molar-refractivity contribution < 1.29 is 19.9 Å². The monoisotopic (exact) mass is 389 g/mol. The van der Waals surface area contributed by atoms with Crippen LogP contribution in [-0.2, 0) is 6.42 Å². The van der Waals surface area contributed by atoms with Crippen LogP contribution < -0.4 is 5.06 Å². The molecule has 3 aromatic carbocycles. The van der Waals surface area contributed by atoms with Crippen molar-refractivity contribution in [2.24, 2.45) is 0 Å². The molecule has 0 aliphatic rings. The molecular weight excluding hydrogens is 366 g/mol. The molecule has 3 aromatic rings. The maximum absolute atomic E-state index is 13.2. The molecule has 2 N–H and O–H groups in total. The number of hydrogen-bond acceptors (Lipinski definition) is 4.